The van der Waals surface area contributed by atoms with E-state index in [0.29, 0.717) is 0 Å². The Morgan fingerprint density at radius 2 is 1.81 bits per heavy atom. The number of rotatable bonds is 4. The van der Waals surface area contributed by atoms with Crippen LogP contribution in [-0.4, -0.2) is 17.0 Å². The van der Waals surface area contributed by atoms with E-state index >= 15 is 0 Å². The second-order valence-electron chi connectivity index (χ2n) is 5.77. The molecule has 1 fully saturated rings. The quantitative estimate of drug-likeness (QED) is 0.584. The topological polar surface area (TPSA) is 78.4 Å². The number of hydrazine groups is 1. The number of para-hydroxylation sites is 1. The van der Waals surface area contributed by atoms with Crippen LogP contribution in [0, 0.1) is 30.6 Å². The third kappa shape index (κ3) is 2.39. The Balaban J connectivity index is 1.69. The van der Waals surface area contributed by atoms with E-state index in [1.54, 1.807) is 0 Å². The van der Waals surface area contributed by atoms with Crippen molar-refractivity contribution in [2.24, 2.45) is 23.7 Å². The molecule has 0 saturated heterocycles. The molecule has 3 rings (SSSR count). The van der Waals surface area contributed by atoms with Gasteiger partial charge in [0.05, 0.1) is 17.5 Å². The first-order valence-corrected chi connectivity index (χ1v) is 7.10. The van der Waals surface area contributed by atoms with Crippen LogP contribution >= 0.6 is 0 Å². The third-order valence-electron chi connectivity index (χ3n) is 4.51. The highest BCUT2D eigenvalue weighted by Gasteiger charge is 2.51. The number of carboxylic acids is 1. The van der Waals surface area contributed by atoms with E-state index in [4.69, 9.17) is 0 Å². The summed E-state index contributed by atoms with van der Waals surface area (Å²) in [4.78, 5) is 23.8. The first-order chi connectivity index (χ1) is 10.1. The number of allylic oxidation sites excluding steroid dienone is 2. The predicted molar refractivity (Wildman–Crippen MR) is 78.3 cm³/mol. The van der Waals surface area contributed by atoms with Crippen LogP contribution in [0.4, 0.5) is 5.69 Å². The van der Waals surface area contributed by atoms with E-state index in [1.807, 2.05) is 43.3 Å². The van der Waals surface area contributed by atoms with Crippen molar-refractivity contribution in [3.63, 3.8) is 0 Å². The number of carboxylic acid groups (broad SMARTS) is 1. The van der Waals surface area contributed by atoms with Gasteiger partial charge in [-0.25, -0.2) is 0 Å². The number of hydrogen-bond acceptors (Lipinski definition) is 3. The van der Waals surface area contributed by atoms with Crippen molar-refractivity contribution in [2.75, 3.05) is 5.43 Å². The SMILES string of the molecule is Cc1ccccc1NNC(=O)[C@H]1[C@H](C(=O)O)[C@H]2C=C[C@H]1C2. The summed E-state index contributed by atoms with van der Waals surface area (Å²) in [5, 5.41) is 9.35. The van der Waals surface area contributed by atoms with Crippen molar-refractivity contribution >= 4 is 17.6 Å². The minimum Gasteiger partial charge on any atom is -0.481 e. The Hall–Kier alpha value is -2.30. The lowest BCUT2D eigenvalue weighted by atomic mass is 9.82. The van der Waals surface area contributed by atoms with Crippen LogP contribution < -0.4 is 10.9 Å². The fourth-order valence-electron chi connectivity index (χ4n) is 3.44. The van der Waals surface area contributed by atoms with Gasteiger partial charge in [-0.05, 0) is 36.8 Å². The van der Waals surface area contributed by atoms with Crippen LogP contribution in [0.15, 0.2) is 36.4 Å². The van der Waals surface area contributed by atoms with Gasteiger partial charge in [0.2, 0.25) is 5.91 Å². The summed E-state index contributed by atoms with van der Waals surface area (Å²) in [6.07, 6.45) is 4.67. The molecule has 1 saturated carbocycles. The summed E-state index contributed by atoms with van der Waals surface area (Å²) in [6, 6.07) is 7.60. The minimum absolute atomic E-state index is 0.0123. The first kappa shape index (κ1) is 13.7. The zero-order valence-electron chi connectivity index (χ0n) is 11.7. The van der Waals surface area contributed by atoms with Crippen molar-refractivity contribution in [2.45, 2.75) is 13.3 Å². The molecule has 2 bridgehead atoms. The maximum atomic E-state index is 12.4. The van der Waals surface area contributed by atoms with Gasteiger partial charge in [-0.2, -0.15) is 0 Å². The highest BCUT2D eigenvalue weighted by Crippen LogP contribution is 2.48. The summed E-state index contributed by atoms with van der Waals surface area (Å²) in [7, 11) is 0. The summed E-state index contributed by atoms with van der Waals surface area (Å²) in [5.74, 6) is -2.21. The van der Waals surface area contributed by atoms with E-state index in [0.717, 1.165) is 17.7 Å². The van der Waals surface area contributed by atoms with Gasteiger partial charge >= 0.3 is 5.97 Å². The summed E-state index contributed by atoms with van der Waals surface area (Å²) in [6.45, 7) is 1.94. The average molecular weight is 286 g/mol. The third-order valence-corrected chi connectivity index (χ3v) is 4.51. The van der Waals surface area contributed by atoms with Gasteiger partial charge in [0.15, 0.2) is 0 Å². The molecule has 0 aliphatic heterocycles. The predicted octanol–water partition coefficient (Wildman–Crippen LogP) is 1.96. The molecule has 5 heteroatoms. The van der Waals surface area contributed by atoms with E-state index in [2.05, 4.69) is 10.9 Å². The molecule has 110 valence electrons. The summed E-state index contributed by atoms with van der Waals surface area (Å²) < 4.78 is 0. The molecule has 5 nitrogen and oxygen atoms in total. The number of carbonyl (C=O) groups is 2. The molecule has 1 amide bonds. The maximum absolute atomic E-state index is 12.4. The Bertz CT molecular complexity index is 611. The van der Waals surface area contributed by atoms with Gasteiger partial charge in [-0.1, -0.05) is 30.4 Å². The number of benzene rings is 1. The molecular formula is C16H18N2O3. The Morgan fingerprint density at radius 1 is 1.14 bits per heavy atom. The number of aliphatic carboxylic acids is 1. The minimum atomic E-state index is -0.886. The molecule has 3 N–H and O–H groups in total. The number of aryl methyl sites for hydroxylation is 1. The maximum Gasteiger partial charge on any atom is 0.307 e. The zero-order valence-corrected chi connectivity index (χ0v) is 11.7. The molecule has 0 spiro atoms. The fourth-order valence-corrected chi connectivity index (χ4v) is 3.44. The molecule has 21 heavy (non-hydrogen) atoms. The van der Waals surface area contributed by atoms with E-state index in [-0.39, 0.29) is 17.7 Å². The lowest BCUT2D eigenvalue weighted by Crippen LogP contribution is -2.42. The van der Waals surface area contributed by atoms with Crippen LogP contribution in [0.1, 0.15) is 12.0 Å². The van der Waals surface area contributed by atoms with Crippen LogP contribution in [0.3, 0.4) is 0 Å². The van der Waals surface area contributed by atoms with Gasteiger partial charge in [-0.15, -0.1) is 0 Å². The van der Waals surface area contributed by atoms with Crippen LogP contribution in [0.5, 0.6) is 0 Å². The lowest BCUT2D eigenvalue weighted by Gasteiger charge is -2.24. The van der Waals surface area contributed by atoms with Crippen LogP contribution in [-0.2, 0) is 9.59 Å². The lowest BCUT2D eigenvalue weighted by molar-refractivity contribution is -0.147. The normalized spacial score (nSPS) is 29.4. The first-order valence-electron chi connectivity index (χ1n) is 7.10. The molecule has 0 unspecified atom stereocenters. The average Bonchev–Trinajstić information content (AvgIpc) is 3.06. The fraction of sp³-hybridized carbons (Fsp3) is 0.375. The van der Waals surface area contributed by atoms with E-state index < -0.39 is 17.8 Å². The Kier molecular flexibility index (Phi) is 3.41. The number of anilines is 1. The number of carbonyl (C=O) groups excluding carboxylic acids is 1. The van der Waals surface area contributed by atoms with Gasteiger partial charge < -0.3 is 5.11 Å². The standard InChI is InChI=1S/C16H18N2O3/c1-9-4-2-3-5-12(9)17-18-15(19)13-10-6-7-11(8-10)14(13)16(20)21/h2-7,10-11,13-14,17H,8H2,1H3,(H,18,19)(H,20,21)/t10-,11-,13+,14+/m0/s1. The Labute approximate surface area is 123 Å². The summed E-state index contributed by atoms with van der Waals surface area (Å²) >= 11 is 0. The van der Waals surface area contributed by atoms with Crippen molar-refractivity contribution in [3.8, 4) is 0 Å². The molecule has 0 radical (unpaired) electrons. The molecule has 2 aliphatic carbocycles. The number of fused-ring (bicyclic) bond motifs is 2. The molecule has 2 aliphatic rings. The number of hydrogen-bond donors (Lipinski definition) is 3. The summed E-state index contributed by atoms with van der Waals surface area (Å²) in [5.41, 5.74) is 7.39. The van der Waals surface area contributed by atoms with E-state index in [9.17, 15) is 14.7 Å². The second-order valence-corrected chi connectivity index (χ2v) is 5.77. The van der Waals surface area contributed by atoms with Gasteiger partial charge in [0.25, 0.3) is 0 Å². The Morgan fingerprint density at radius 3 is 2.48 bits per heavy atom. The second kappa shape index (κ2) is 5.24. The number of nitrogens with one attached hydrogen (secondary N) is 2. The highest BCUT2D eigenvalue weighted by molar-refractivity contribution is 5.87. The molecular weight excluding hydrogens is 268 g/mol. The molecule has 1 aromatic rings. The van der Waals surface area contributed by atoms with Crippen molar-refractivity contribution < 1.29 is 14.7 Å². The largest absolute Gasteiger partial charge is 0.481 e. The van der Waals surface area contributed by atoms with Gasteiger partial charge in [0, 0.05) is 0 Å². The molecule has 1 aromatic carbocycles. The molecule has 0 aromatic heterocycles. The van der Waals surface area contributed by atoms with E-state index in [1.165, 1.54) is 0 Å². The highest BCUT2D eigenvalue weighted by atomic mass is 16.4. The van der Waals surface area contributed by atoms with Crippen LogP contribution in [0.2, 0.25) is 0 Å². The monoisotopic (exact) mass is 286 g/mol. The zero-order chi connectivity index (χ0) is 15.0. The number of amides is 1. The van der Waals surface area contributed by atoms with Crippen molar-refractivity contribution in [3.05, 3.63) is 42.0 Å². The smallest absolute Gasteiger partial charge is 0.307 e. The van der Waals surface area contributed by atoms with Gasteiger partial charge in [0.1, 0.15) is 0 Å². The van der Waals surface area contributed by atoms with Crippen molar-refractivity contribution in [1.29, 1.82) is 0 Å². The molecule has 0 heterocycles. The molecule has 4 atom stereocenters. The van der Waals surface area contributed by atoms with Gasteiger partial charge in [-0.3, -0.25) is 20.4 Å². The van der Waals surface area contributed by atoms with Crippen molar-refractivity contribution in [1.82, 2.24) is 5.43 Å². The van der Waals surface area contributed by atoms with Crippen LogP contribution in [0.25, 0.3) is 0 Å².